The molecule has 0 radical (unpaired) electrons. The highest BCUT2D eigenvalue weighted by Gasteiger charge is 2.40. The fraction of sp³-hybridized carbons (Fsp3) is 0.448. The van der Waals surface area contributed by atoms with E-state index >= 15 is 0 Å². The first-order chi connectivity index (χ1) is 22.1. The summed E-state index contributed by atoms with van der Waals surface area (Å²) in [6, 6.07) is 8.20. The minimum Gasteiger partial charge on any atom is -0.383 e. The quantitative estimate of drug-likeness (QED) is 0.0834. The fourth-order valence-corrected chi connectivity index (χ4v) is 7.82. The molecule has 21 heteroatoms. The van der Waals surface area contributed by atoms with E-state index in [0.29, 0.717) is 32.9 Å². The highest BCUT2D eigenvalue weighted by Crippen LogP contribution is 2.32. The van der Waals surface area contributed by atoms with Gasteiger partial charge in [-0.05, 0) is 52.0 Å². The molecule has 0 amide bonds. The predicted octanol–water partition coefficient (Wildman–Crippen LogP) is 6.11. The second kappa shape index (κ2) is 14.6. The van der Waals surface area contributed by atoms with Crippen molar-refractivity contribution in [3.63, 3.8) is 0 Å². The van der Waals surface area contributed by atoms with Crippen LogP contribution in [0, 0.1) is 34.1 Å². The molecule has 2 heterocycles. The highest BCUT2D eigenvalue weighted by atomic mass is 32.2. The van der Waals surface area contributed by atoms with E-state index in [9.17, 15) is 69.4 Å². The maximum Gasteiger partial charge on any atom is 0.402 e. The third kappa shape index (κ3) is 11.0. The van der Waals surface area contributed by atoms with E-state index in [1.807, 2.05) is 0 Å². The first kappa shape index (κ1) is 42.1. The number of alkyl halides is 6. The summed E-state index contributed by atoms with van der Waals surface area (Å²) < 4.78 is 109. The van der Waals surface area contributed by atoms with E-state index < -0.39 is 77.0 Å². The first-order valence-electron chi connectivity index (χ1n) is 13.8. The van der Waals surface area contributed by atoms with Crippen LogP contribution in [0.5, 0.6) is 0 Å². The number of rotatable bonds is 10. The Morgan fingerprint density at radius 1 is 0.720 bits per heavy atom. The Bertz CT molecular complexity index is 2040. The maximum atomic E-state index is 12.3. The predicted molar refractivity (Wildman–Crippen MR) is 174 cm³/mol. The van der Waals surface area contributed by atoms with E-state index in [1.165, 1.54) is 50.2 Å². The number of hydrogen-bond donors (Lipinski definition) is 4. The van der Waals surface area contributed by atoms with Gasteiger partial charge in [-0.15, -0.1) is 0 Å². The molecule has 278 valence electrons. The third-order valence-electron chi connectivity index (χ3n) is 7.08. The van der Waals surface area contributed by atoms with E-state index in [1.54, 1.807) is 6.92 Å². The number of aryl methyl sites for hydroxylation is 2. The molecule has 4 N–H and O–H groups in total. The van der Waals surface area contributed by atoms with Crippen LogP contribution in [0.15, 0.2) is 36.4 Å². The van der Waals surface area contributed by atoms with Gasteiger partial charge in [0.25, 0.3) is 11.4 Å². The lowest BCUT2D eigenvalue weighted by atomic mass is 10.1. The molecule has 2 aromatic carbocycles. The summed E-state index contributed by atoms with van der Waals surface area (Å²) in [5.41, 5.74) is -2.45. The maximum absolute atomic E-state index is 12.3. The summed E-state index contributed by atoms with van der Waals surface area (Å²) in [7, 11) is -6.92. The Morgan fingerprint density at radius 3 is 1.48 bits per heavy atom. The number of aromatic nitrogens is 2. The lowest BCUT2D eigenvalue weighted by molar-refractivity contribution is -0.385. The number of H-pyrrole nitrogens is 2. The Hall–Kier alpha value is -4.08. The van der Waals surface area contributed by atoms with Crippen LogP contribution in [-0.4, -0.2) is 78.0 Å². The monoisotopic (exact) mass is 760 g/mol. The van der Waals surface area contributed by atoms with Crippen LogP contribution in [0.25, 0.3) is 21.8 Å². The van der Waals surface area contributed by atoms with Crippen molar-refractivity contribution in [3.8, 4) is 0 Å². The molecule has 13 nitrogen and oxygen atoms in total. The lowest BCUT2D eigenvalue weighted by Crippen LogP contribution is -2.36. The Morgan fingerprint density at radius 2 is 1.12 bits per heavy atom. The van der Waals surface area contributed by atoms with Gasteiger partial charge in [-0.2, -0.15) is 26.3 Å². The lowest BCUT2D eigenvalue weighted by Gasteiger charge is -2.22. The molecule has 4 rings (SSSR count). The minimum absolute atomic E-state index is 0. The zero-order chi connectivity index (χ0) is 37.5. The summed E-state index contributed by atoms with van der Waals surface area (Å²) in [5.74, 6) is -5.30. The van der Waals surface area contributed by atoms with Gasteiger partial charge in [-0.25, -0.2) is 8.42 Å². The Balaban J connectivity index is 0.000000340. The summed E-state index contributed by atoms with van der Waals surface area (Å²) in [6.07, 6.45) is -9.49. The molecular formula is C29H34F6N4O9S2. The van der Waals surface area contributed by atoms with Gasteiger partial charge in [0.15, 0.2) is 9.84 Å². The number of aromatic amines is 2. The molecule has 0 saturated heterocycles. The van der Waals surface area contributed by atoms with E-state index in [-0.39, 0.29) is 30.2 Å². The van der Waals surface area contributed by atoms with Crippen molar-refractivity contribution in [1.29, 1.82) is 0 Å². The third-order valence-corrected chi connectivity index (χ3v) is 10.4. The van der Waals surface area contributed by atoms with Gasteiger partial charge in [-0.3, -0.25) is 24.4 Å². The number of benzene rings is 2. The normalized spacial score (nSPS) is 15.4. The topological polar surface area (TPSA) is 210 Å². The number of nitrogens with zero attached hydrogens (tertiary/aromatic N) is 2. The second-order valence-corrected chi connectivity index (χ2v) is 15.4. The number of nitrogens with one attached hydrogen (secondary N) is 2. The number of halogens is 6. The van der Waals surface area contributed by atoms with E-state index in [0.717, 1.165) is 6.92 Å². The van der Waals surface area contributed by atoms with Crippen molar-refractivity contribution in [3.05, 3.63) is 79.1 Å². The van der Waals surface area contributed by atoms with Crippen molar-refractivity contribution in [2.75, 3.05) is 23.0 Å². The number of aliphatic hydroxyl groups is 2. The van der Waals surface area contributed by atoms with Gasteiger partial charge in [0.1, 0.15) is 22.7 Å². The molecule has 0 saturated carbocycles. The van der Waals surface area contributed by atoms with Crippen LogP contribution in [0.3, 0.4) is 0 Å². The summed E-state index contributed by atoms with van der Waals surface area (Å²) in [5, 5.41) is 43.4. The summed E-state index contributed by atoms with van der Waals surface area (Å²) in [4.78, 5) is 26.3. The number of hydrogen-bond acceptors (Lipinski definition) is 9. The standard InChI is InChI=1S/C14H15F3N2O5S.C14H15F3N2O4S.CH4/c1-8-3-10-9(4-11(8)19(21)22)5-12(18-10)13(2,20)6-25(23,24)7-14(15,16)17;1-8-3-10-9(4-11(8)19(21)22)5-12(18-10)13(2,20)6-24(23)7-14(15,16)17;/h3-5,18,20H,6-7H2,1-2H3;3-5,18,20H,6-7H2,1-2H3;1H4. The smallest absolute Gasteiger partial charge is 0.383 e. The van der Waals surface area contributed by atoms with Crippen LogP contribution in [0.1, 0.15) is 43.8 Å². The second-order valence-electron chi connectivity index (χ2n) is 11.9. The molecular weight excluding hydrogens is 726 g/mol. The number of nitro groups is 2. The molecule has 50 heavy (non-hydrogen) atoms. The summed E-state index contributed by atoms with van der Waals surface area (Å²) >= 11 is 0. The molecule has 0 aliphatic heterocycles. The van der Waals surface area contributed by atoms with Gasteiger partial charge in [0.05, 0.1) is 21.4 Å². The van der Waals surface area contributed by atoms with E-state index in [4.69, 9.17) is 0 Å². The van der Waals surface area contributed by atoms with Crippen LogP contribution >= 0.6 is 0 Å². The highest BCUT2D eigenvalue weighted by molar-refractivity contribution is 7.91. The SMILES string of the molecule is C.Cc1cc2[nH]c(C(C)(O)CS(=O)(=O)CC(F)(F)F)cc2cc1[N+](=O)[O-].Cc1cc2[nH]c(C(C)(O)CS(=O)CC(F)(F)F)cc2cc1[N+](=O)[O-]. The molecule has 3 unspecified atom stereocenters. The van der Waals surface area contributed by atoms with Crippen LogP contribution in [0.4, 0.5) is 37.7 Å². The van der Waals surface area contributed by atoms with Gasteiger partial charge >= 0.3 is 12.4 Å². The largest absolute Gasteiger partial charge is 0.402 e. The van der Waals surface area contributed by atoms with Gasteiger partial charge in [-0.1, -0.05) is 7.43 Å². The number of fused-ring (bicyclic) bond motifs is 2. The Labute approximate surface area is 283 Å². The number of nitro benzene ring substituents is 2. The van der Waals surface area contributed by atoms with Crippen LogP contribution < -0.4 is 0 Å². The minimum atomic E-state index is -4.91. The van der Waals surface area contributed by atoms with Crippen LogP contribution in [0.2, 0.25) is 0 Å². The Kier molecular flexibility index (Phi) is 12.3. The van der Waals surface area contributed by atoms with Crippen LogP contribution in [-0.2, 0) is 31.8 Å². The average molecular weight is 761 g/mol. The molecule has 4 aromatic rings. The number of sulfone groups is 1. The zero-order valence-electron chi connectivity index (χ0n) is 26.0. The first-order valence-corrected chi connectivity index (χ1v) is 17.1. The van der Waals surface area contributed by atoms with E-state index in [2.05, 4.69) is 9.97 Å². The van der Waals surface area contributed by atoms with Crippen molar-refractivity contribution in [2.24, 2.45) is 0 Å². The van der Waals surface area contributed by atoms with Crippen molar-refractivity contribution in [2.45, 2.75) is 58.7 Å². The van der Waals surface area contributed by atoms with Gasteiger partial charge in [0.2, 0.25) is 0 Å². The molecule has 0 aliphatic rings. The van der Waals surface area contributed by atoms with Crippen molar-refractivity contribution in [1.82, 2.24) is 9.97 Å². The van der Waals surface area contributed by atoms with Crippen molar-refractivity contribution < 1.29 is 59.0 Å². The average Bonchev–Trinajstić information content (AvgIpc) is 3.48. The fourth-order valence-electron chi connectivity index (χ4n) is 4.96. The zero-order valence-corrected chi connectivity index (χ0v) is 27.7. The molecule has 3 atom stereocenters. The molecule has 2 aromatic heterocycles. The molecule has 0 spiro atoms. The molecule has 0 bridgehead atoms. The molecule has 0 fully saturated rings. The molecule has 0 aliphatic carbocycles. The summed E-state index contributed by atoms with van der Waals surface area (Å²) in [6.45, 7) is 5.36. The van der Waals surface area contributed by atoms with Crippen molar-refractivity contribution >= 4 is 53.8 Å². The van der Waals surface area contributed by atoms with Gasteiger partial charge < -0.3 is 20.2 Å². The van der Waals surface area contributed by atoms with Gasteiger partial charge in [0, 0.05) is 67.3 Å².